The van der Waals surface area contributed by atoms with Gasteiger partial charge in [-0.15, -0.1) is 0 Å². The zero-order valence-corrected chi connectivity index (χ0v) is 20.6. The van der Waals surface area contributed by atoms with Crippen LogP contribution >= 0.6 is 47.2 Å². The number of hydrogen-bond donors (Lipinski definition) is 0. The number of nitrogens with zero attached hydrogens (tertiary/aromatic N) is 2. The third-order valence-electron chi connectivity index (χ3n) is 4.95. The van der Waals surface area contributed by atoms with Crippen LogP contribution in [0.25, 0.3) is 6.08 Å². The zero-order valence-electron chi connectivity index (χ0n) is 17.4. The summed E-state index contributed by atoms with van der Waals surface area (Å²) >= 11 is 19.2. The van der Waals surface area contributed by atoms with Crippen LogP contribution < -0.4 is 9.64 Å². The lowest BCUT2D eigenvalue weighted by atomic mass is 10.2. The zero-order chi connectivity index (χ0) is 22.4. The fourth-order valence-electron chi connectivity index (χ4n) is 3.18. The second-order valence-electron chi connectivity index (χ2n) is 6.88. The highest BCUT2D eigenvalue weighted by molar-refractivity contribution is 8.27. The predicted octanol–water partition coefficient (Wildman–Crippen LogP) is 6.51. The highest BCUT2D eigenvalue weighted by atomic mass is 35.5. The molecule has 0 radical (unpaired) electrons. The molecule has 0 spiro atoms. The minimum atomic E-state index is -0.195. The van der Waals surface area contributed by atoms with Gasteiger partial charge in [-0.05, 0) is 62.0 Å². The lowest BCUT2D eigenvalue weighted by Gasteiger charge is -2.18. The Balaban J connectivity index is 1.66. The first kappa shape index (κ1) is 24.1. The van der Waals surface area contributed by atoms with Crippen molar-refractivity contribution in [3.8, 4) is 5.75 Å². The molecule has 0 unspecified atom stereocenters. The van der Waals surface area contributed by atoms with Crippen LogP contribution in [0, 0.1) is 0 Å². The molecular weight excluding hydrogens is 471 g/mol. The van der Waals surface area contributed by atoms with Crippen molar-refractivity contribution >= 4 is 69.2 Å². The van der Waals surface area contributed by atoms with E-state index in [4.69, 9.17) is 40.2 Å². The van der Waals surface area contributed by atoms with Crippen molar-refractivity contribution in [1.29, 1.82) is 0 Å². The van der Waals surface area contributed by atoms with Crippen LogP contribution in [0.1, 0.15) is 25.8 Å². The molecule has 1 fully saturated rings. The molecule has 1 heterocycles. The molecule has 0 aromatic heterocycles. The molecule has 0 atom stereocenters. The molecule has 0 aliphatic carbocycles. The minimum Gasteiger partial charge on any atom is -0.494 e. The number of carbonyl (C=O) groups excluding carboxylic acids is 1. The summed E-state index contributed by atoms with van der Waals surface area (Å²) in [6.07, 6.45) is 2.66. The molecule has 164 valence electrons. The quantitative estimate of drug-likeness (QED) is 0.225. The Morgan fingerprint density at radius 2 is 1.74 bits per heavy atom. The summed E-state index contributed by atoms with van der Waals surface area (Å²) in [4.78, 5) is 17.4. The van der Waals surface area contributed by atoms with Crippen LogP contribution in [0.5, 0.6) is 5.75 Å². The van der Waals surface area contributed by atoms with E-state index in [1.54, 1.807) is 24.3 Å². The summed E-state index contributed by atoms with van der Waals surface area (Å²) in [5.41, 5.74) is 1.31. The van der Waals surface area contributed by atoms with Crippen molar-refractivity contribution in [3.63, 3.8) is 0 Å². The maximum Gasteiger partial charge on any atom is 0.270 e. The van der Waals surface area contributed by atoms with Gasteiger partial charge in [0.2, 0.25) is 0 Å². The smallest absolute Gasteiger partial charge is 0.270 e. The number of rotatable bonds is 9. The van der Waals surface area contributed by atoms with E-state index in [0.29, 0.717) is 37.1 Å². The predicted molar refractivity (Wildman–Crippen MR) is 136 cm³/mol. The number of thioether (sulfide) groups is 1. The van der Waals surface area contributed by atoms with Gasteiger partial charge >= 0.3 is 0 Å². The Bertz CT molecular complexity index is 956. The summed E-state index contributed by atoms with van der Waals surface area (Å²) in [5.74, 6) is 0.575. The normalized spacial score (nSPS) is 15.4. The number of ether oxygens (including phenoxy) is 1. The van der Waals surface area contributed by atoms with E-state index in [-0.39, 0.29) is 5.91 Å². The van der Waals surface area contributed by atoms with Gasteiger partial charge in [0, 0.05) is 22.2 Å². The molecule has 1 aliphatic rings. The standard InChI is InChI=1S/C23H24Cl2N2O2S2/c1-3-26(4-2)13-6-14-29-17-11-9-16(10-12-17)27-22(28)21(31-23(27)30)15-18-19(24)7-5-8-20(18)25/h5,7-12,15H,3-4,6,13-14H2,1-2H3/b21-15-. The first-order valence-electron chi connectivity index (χ1n) is 10.1. The second kappa shape index (κ2) is 11.3. The number of amides is 1. The van der Waals surface area contributed by atoms with Crippen molar-refractivity contribution in [1.82, 2.24) is 4.90 Å². The maximum atomic E-state index is 13.0. The van der Waals surface area contributed by atoms with E-state index in [1.165, 1.54) is 16.7 Å². The lowest BCUT2D eigenvalue weighted by molar-refractivity contribution is -0.113. The summed E-state index contributed by atoms with van der Waals surface area (Å²) in [7, 11) is 0. The van der Waals surface area contributed by atoms with Crippen LogP contribution in [0.15, 0.2) is 47.4 Å². The number of halogens is 2. The maximum absolute atomic E-state index is 13.0. The molecule has 2 aromatic carbocycles. The van der Waals surface area contributed by atoms with Gasteiger partial charge in [-0.3, -0.25) is 9.69 Å². The third-order valence-corrected chi connectivity index (χ3v) is 6.91. The minimum absolute atomic E-state index is 0.195. The van der Waals surface area contributed by atoms with E-state index in [0.717, 1.165) is 31.8 Å². The van der Waals surface area contributed by atoms with E-state index >= 15 is 0 Å². The fraction of sp³-hybridized carbons (Fsp3) is 0.304. The van der Waals surface area contributed by atoms with Crippen molar-refractivity contribution in [2.75, 3.05) is 31.1 Å². The molecule has 1 saturated heterocycles. The van der Waals surface area contributed by atoms with Crippen LogP contribution in [-0.2, 0) is 4.79 Å². The highest BCUT2D eigenvalue weighted by Crippen LogP contribution is 2.38. The van der Waals surface area contributed by atoms with Crippen molar-refractivity contribution in [2.24, 2.45) is 0 Å². The molecule has 31 heavy (non-hydrogen) atoms. The van der Waals surface area contributed by atoms with Crippen LogP contribution in [0.2, 0.25) is 10.0 Å². The number of benzene rings is 2. The average Bonchev–Trinajstić information content (AvgIpc) is 3.04. The van der Waals surface area contributed by atoms with E-state index in [2.05, 4.69) is 18.7 Å². The molecule has 0 bridgehead atoms. The van der Waals surface area contributed by atoms with Gasteiger partial charge in [-0.2, -0.15) is 0 Å². The van der Waals surface area contributed by atoms with E-state index < -0.39 is 0 Å². The van der Waals surface area contributed by atoms with Crippen LogP contribution in [0.3, 0.4) is 0 Å². The van der Waals surface area contributed by atoms with E-state index in [1.807, 2.05) is 24.3 Å². The topological polar surface area (TPSA) is 32.8 Å². The molecular formula is C23H24Cl2N2O2S2. The lowest BCUT2D eigenvalue weighted by Crippen LogP contribution is -2.27. The van der Waals surface area contributed by atoms with Crippen molar-refractivity contribution in [2.45, 2.75) is 20.3 Å². The summed E-state index contributed by atoms with van der Waals surface area (Å²) in [5, 5.41) is 0.973. The molecule has 3 rings (SSSR count). The SMILES string of the molecule is CCN(CC)CCCOc1ccc(N2C(=O)/C(=C/c3c(Cl)cccc3Cl)SC2=S)cc1. The largest absolute Gasteiger partial charge is 0.494 e. The summed E-state index contributed by atoms with van der Waals surface area (Å²) in [6.45, 7) is 8.09. The number of anilines is 1. The number of carbonyl (C=O) groups is 1. The Morgan fingerprint density at radius 3 is 2.35 bits per heavy atom. The monoisotopic (exact) mass is 494 g/mol. The second-order valence-corrected chi connectivity index (χ2v) is 9.37. The van der Waals surface area contributed by atoms with Crippen molar-refractivity contribution < 1.29 is 9.53 Å². The first-order valence-corrected chi connectivity index (χ1v) is 12.1. The molecule has 4 nitrogen and oxygen atoms in total. The van der Waals surface area contributed by atoms with Crippen molar-refractivity contribution in [3.05, 3.63) is 63.0 Å². The Labute approximate surface area is 203 Å². The number of hydrogen-bond acceptors (Lipinski definition) is 5. The molecule has 1 aliphatic heterocycles. The van der Waals surface area contributed by atoms with Gasteiger partial charge in [0.05, 0.1) is 17.2 Å². The Kier molecular flexibility index (Phi) is 8.81. The van der Waals surface area contributed by atoms with Gasteiger partial charge in [-0.25, -0.2) is 0 Å². The molecule has 0 saturated carbocycles. The van der Waals surface area contributed by atoms with Gasteiger partial charge < -0.3 is 9.64 Å². The average molecular weight is 495 g/mol. The summed E-state index contributed by atoms with van der Waals surface area (Å²) in [6, 6.07) is 12.6. The van der Waals surface area contributed by atoms with Gasteiger partial charge in [-0.1, -0.05) is 67.1 Å². The highest BCUT2D eigenvalue weighted by Gasteiger charge is 2.33. The van der Waals surface area contributed by atoms with E-state index in [9.17, 15) is 4.79 Å². The fourth-order valence-corrected chi connectivity index (χ4v) is 4.97. The summed E-state index contributed by atoms with van der Waals surface area (Å²) < 4.78 is 6.30. The Hall–Kier alpha value is -1.57. The van der Waals surface area contributed by atoms with Gasteiger partial charge in [0.15, 0.2) is 4.32 Å². The molecule has 2 aromatic rings. The third kappa shape index (κ3) is 6.02. The first-order chi connectivity index (χ1) is 14.9. The molecule has 8 heteroatoms. The number of thiocarbonyl (C=S) groups is 1. The Morgan fingerprint density at radius 1 is 1.10 bits per heavy atom. The molecule has 1 amide bonds. The molecule has 0 N–H and O–H groups in total. The van der Waals surface area contributed by atoms with Gasteiger partial charge in [0.1, 0.15) is 5.75 Å². The van der Waals surface area contributed by atoms with Gasteiger partial charge in [0.25, 0.3) is 5.91 Å². The van der Waals surface area contributed by atoms with Crippen LogP contribution in [-0.4, -0.2) is 41.4 Å². The van der Waals surface area contributed by atoms with Crippen LogP contribution in [0.4, 0.5) is 5.69 Å².